The summed E-state index contributed by atoms with van der Waals surface area (Å²) >= 11 is 5.18. The lowest BCUT2D eigenvalue weighted by atomic mass is 9.67. The minimum absolute atomic E-state index is 0.0242. The molecule has 5 nitrogen and oxygen atoms in total. The van der Waals surface area contributed by atoms with Gasteiger partial charge >= 0.3 is 0 Å². The number of nitrogens with one attached hydrogen (secondary N) is 1. The summed E-state index contributed by atoms with van der Waals surface area (Å²) in [5.41, 5.74) is 6.82. The predicted molar refractivity (Wildman–Crippen MR) is 99.3 cm³/mol. The summed E-state index contributed by atoms with van der Waals surface area (Å²) in [4.78, 5) is 16.4. The molecule has 7 heteroatoms. The first-order valence-corrected chi connectivity index (χ1v) is 9.98. The van der Waals surface area contributed by atoms with Crippen molar-refractivity contribution in [3.63, 3.8) is 0 Å². The third-order valence-electron chi connectivity index (χ3n) is 5.24. The number of aliphatic imine (C=N–C) groups is 1. The van der Waals surface area contributed by atoms with Gasteiger partial charge in [-0.3, -0.25) is 4.79 Å². The number of fused-ring (bicyclic) bond motifs is 4. The van der Waals surface area contributed by atoms with Gasteiger partial charge in [0.1, 0.15) is 17.4 Å². The summed E-state index contributed by atoms with van der Waals surface area (Å²) in [6, 6.07) is 6.31. The van der Waals surface area contributed by atoms with Gasteiger partial charge in [0.05, 0.1) is 0 Å². The number of carbonyl (C=O) groups excluding carboxylic acids is 1. The van der Waals surface area contributed by atoms with Crippen LogP contribution in [-0.4, -0.2) is 29.0 Å². The number of amides is 1. The summed E-state index contributed by atoms with van der Waals surface area (Å²) in [6.07, 6.45) is 2.86. The molecule has 2 unspecified atom stereocenters. The first-order valence-electron chi connectivity index (χ1n) is 8.20. The molecule has 4 atom stereocenters. The molecule has 0 aromatic heterocycles. The molecule has 1 fully saturated rings. The van der Waals surface area contributed by atoms with Crippen LogP contribution < -0.4 is 15.8 Å². The van der Waals surface area contributed by atoms with E-state index in [4.69, 9.17) is 15.5 Å². The van der Waals surface area contributed by atoms with Gasteiger partial charge in [-0.25, -0.2) is 4.99 Å². The number of carbonyl (C=O) groups is 1. The molecule has 1 saturated carbocycles. The SMILES string of the molecule is CC(=O)NC1CC[C@@H]2Oc3ccc(Br)cc3C3(CSC(N)=N3)[C@H]2C1. The lowest BCUT2D eigenvalue weighted by molar-refractivity contribution is -0.120. The average molecular weight is 410 g/mol. The Morgan fingerprint density at radius 2 is 2.33 bits per heavy atom. The van der Waals surface area contributed by atoms with E-state index in [-0.39, 0.29) is 29.5 Å². The Labute approximate surface area is 153 Å². The number of ether oxygens (including phenoxy) is 1. The Hall–Kier alpha value is -1.21. The first kappa shape index (κ1) is 16.3. The van der Waals surface area contributed by atoms with E-state index in [1.54, 1.807) is 18.7 Å². The highest BCUT2D eigenvalue weighted by Crippen LogP contribution is 2.54. The maximum Gasteiger partial charge on any atom is 0.217 e. The van der Waals surface area contributed by atoms with Gasteiger partial charge in [0.25, 0.3) is 0 Å². The molecule has 4 rings (SSSR count). The van der Waals surface area contributed by atoms with E-state index >= 15 is 0 Å². The Morgan fingerprint density at radius 3 is 3.04 bits per heavy atom. The zero-order valence-electron chi connectivity index (χ0n) is 13.4. The molecule has 1 spiro atoms. The molecule has 0 saturated heterocycles. The number of thioether (sulfide) groups is 1. The van der Waals surface area contributed by atoms with E-state index in [9.17, 15) is 4.79 Å². The van der Waals surface area contributed by atoms with Crippen molar-refractivity contribution >= 4 is 38.8 Å². The summed E-state index contributed by atoms with van der Waals surface area (Å²) in [5.74, 6) is 1.99. The van der Waals surface area contributed by atoms with Crippen LogP contribution in [0.1, 0.15) is 31.7 Å². The van der Waals surface area contributed by atoms with Gasteiger partial charge in [-0.15, -0.1) is 0 Å². The summed E-state index contributed by atoms with van der Waals surface area (Å²) in [6.45, 7) is 1.58. The zero-order valence-corrected chi connectivity index (χ0v) is 15.8. The van der Waals surface area contributed by atoms with Gasteiger partial charge in [0, 0.05) is 34.7 Å². The molecule has 1 amide bonds. The number of rotatable bonds is 1. The van der Waals surface area contributed by atoms with E-state index in [0.717, 1.165) is 40.8 Å². The Balaban J connectivity index is 1.77. The molecule has 2 aliphatic heterocycles. The van der Waals surface area contributed by atoms with Crippen molar-refractivity contribution in [3.05, 3.63) is 28.2 Å². The molecule has 3 aliphatic rings. The van der Waals surface area contributed by atoms with Crippen LogP contribution in [0.2, 0.25) is 0 Å². The van der Waals surface area contributed by atoms with Crippen molar-refractivity contribution in [2.75, 3.05) is 5.75 Å². The minimum Gasteiger partial charge on any atom is -0.490 e. The molecule has 0 radical (unpaired) electrons. The molecule has 24 heavy (non-hydrogen) atoms. The topological polar surface area (TPSA) is 76.7 Å². The van der Waals surface area contributed by atoms with Gasteiger partial charge in [-0.2, -0.15) is 0 Å². The van der Waals surface area contributed by atoms with E-state index in [1.807, 2.05) is 12.1 Å². The minimum atomic E-state index is -0.353. The normalized spacial score (nSPS) is 34.1. The highest BCUT2D eigenvalue weighted by molar-refractivity contribution is 9.10. The molecule has 2 heterocycles. The highest BCUT2D eigenvalue weighted by Gasteiger charge is 2.54. The van der Waals surface area contributed by atoms with Crippen molar-refractivity contribution < 1.29 is 9.53 Å². The average Bonchev–Trinajstić information content (AvgIpc) is 2.92. The molecular formula is C17H20BrN3O2S. The summed E-state index contributed by atoms with van der Waals surface area (Å²) < 4.78 is 7.33. The fourth-order valence-electron chi connectivity index (χ4n) is 4.28. The van der Waals surface area contributed by atoms with Gasteiger partial charge in [-0.1, -0.05) is 27.7 Å². The van der Waals surface area contributed by atoms with Crippen LogP contribution in [0, 0.1) is 5.92 Å². The highest BCUT2D eigenvalue weighted by atomic mass is 79.9. The molecule has 3 N–H and O–H groups in total. The number of halogens is 1. The standard InChI is InChI=1S/C17H20BrN3O2S/c1-9(22)20-11-3-5-15-13(7-11)17(8-24-16(19)21-17)12-6-10(18)2-4-14(12)23-15/h2,4,6,11,13,15H,3,5,7-8H2,1H3,(H2,19,21)(H,20,22)/t11?,13-,15-,17?/m0/s1. The van der Waals surface area contributed by atoms with Crippen molar-refractivity contribution in [1.29, 1.82) is 0 Å². The third kappa shape index (κ3) is 2.62. The number of amidine groups is 1. The smallest absolute Gasteiger partial charge is 0.217 e. The molecule has 1 aromatic carbocycles. The third-order valence-corrected chi connectivity index (χ3v) is 6.71. The Bertz CT molecular complexity index is 726. The second-order valence-electron chi connectivity index (χ2n) is 6.78. The zero-order chi connectivity index (χ0) is 16.9. The maximum atomic E-state index is 11.5. The van der Waals surface area contributed by atoms with Crippen LogP contribution in [0.5, 0.6) is 5.75 Å². The fourth-order valence-corrected chi connectivity index (χ4v) is 5.67. The van der Waals surface area contributed by atoms with Gasteiger partial charge in [0.2, 0.25) is 5.91 Å². The van der Waals surface area contributed by atoms with Crippen molar-refractivity contribution in [1.82, 2.24) is 5.32 Å². The van der Waals surface area contributed by atoms with Crippen molar-refractivity contribution in [3.8, 4) is 5.75 Å². The van der Waals surface area contributed by atoms with Crippen LogP contribution >= 0.6 is 27.7 Å². The monoisotopic (exact) mass is 409 g/mol. The predicted octanol–water partition coefficient (Wildman–Crippen LogP) is 2.77. The van der Waals surface area contributed by atoms with Crippen LogP contribution in [0.4, 0.5) is 0 Å². The van der Waals surface area contributed by atoms with Crippen LogP contribution in [0.25, 0.3) is 0 Å². The second-order valence-corrected chi connectivity index (χ2v) is 8.69. The van der Waals surface area contributed by atoms with Crippen LogP contribution in [0.3, 0.4) is 0 Å². The lowest BCUT2D eigenvalue weighted by Crippen LogP contribution is -2.54. The van der Waals surface area contributed by atoms with Crippen LogP contribution in [0.15, 0.2) is 27.7 Å². The van der Waals surface area contributed by atoms with E-state index in [2.05, 4.69) is 27.3 Å². The number of nitrogens with two attached hydrogens (primary N) is 1. The fraction of sp³-hybridized carbons (Fsp3) is 0.529. The van der Waals surface area contributed by atoms with E-state index in [0.29, 0.717) is 5.17 Å². The van der Waals surface area contributed by atoms with E-state index < -0.39 is 0 Å². The quantitative estimate of drug-likeness (QED) is 0.747. The maximum absolute atomic E-state index is 11.5. The number of nitrogens with zero attached hydrogens (tertiary/aromatic N) is 1. The largest absolute Gasteiger partial charge is 0.490 e. The van der Waals surface area contributed by atoms with Crippen molar-refractivity contribution in [2.45, 2.75) is 43.9 Å². The molecule has 1 aromatic rings. The molecule has 1 aliphatic carbocycles. The summed E-state index contributed by atoms with van der Waals surface area (Å²) in [7, 11) is 0. The molecule has 0 bridgehead atoms. The Kier molecular flexibility index (Phi) is 4.03. The molecule has 128 valence electrons. The first-order chi connectivity index (χ1) is 11.5. The molecular weight excluding hydrogens is 390 g/mol. The number of hydrogen-bond donors (Lipinski definition) is 2. The Morgan fingerprint density at radius 1 is 1.50 bits per heavy atom. The van der Waals surface area contributed by atoms with Gasteiger partial charge in [0.15, 0.2) is 5.17 Å². The van der Waals surface area contributed by atoms with E-state index in [1.165, 1.54) is 0 Å². The van der Waals surface area contributed by atoms with Crippen molar-refractivity contribution in [2.24, 2.45) is 16.6 Å². The van der Waals surface area contributed by atoms with Crippen LogP contribution in [-0.2, 0) is 10.3 Å². The van der Waals surface area contributed by atoms with Gasteiger partial charge in [-0.05, 0) is 37.5 Å². The summed E-state index contributed by atoms with van der Waals surface area (Å²) in [5, 5.41) is 3.72. The lowest BCUT2D eigenvalue weighted by Gasteiger charge is -2.48. The number of benzene rings is 1. The van der Waals surface area contributed by atoms with Gasteiger partial charge < -0.3 is 15.8 Å². The number of hydrogen-bond acceptors (Lipinski definition) is 5. The second kappa shape index (κ2) is 5.95.